The van der Waals surface area contributed by atoms with Gasteiger partial charge in [0, 0.05) is 40.2 Å². The predicted molar refractivity (Wildman–Crippen MR) is 181 cm³/mol. The number of ether oxygens (including phenoxy) is 2. The molecule has 4 atom stereocenters. The van der Waals surface area contributed by atoms with Crippen LogP contribution in [-0.2, 0) is 19.1 Å². The number of hydrogen-bond donors (Lipinski definition) is 3. The van der Waals surface area contributed by atoms with E-state index in [0.717, 1.165) is 64.2 Å². The quantitative estimate of drug-likeness (QED) is 0.123. The number of aromatic nitrogens is 1. The van der Waals surface area contributed by atoms with E-state index in [1.54, 1.807) is 12.3 Å². The largest absolute Gasteiger partial charge is 0.481 e. The molecule has 4 rings (SSSR count). The van der Waals surface area contributed by atoms with Gasteiger partial charge in [0.2, 0.25) is 5.91 Å². The Morgan fingerprint density at radius 3 is 2.33 bits per heavy atom. The smallest absolute Gasteiger partial charge is 0.304 e. The molecular weight excluding hydrogens is 580 g/mol. The van der Waals surface area contributed by atoms with Gasteiger partial charge in [0.05, 0.1) is 13.0 Å². The van der Waals surface area contributed by atoms with Crippen molar-refractivity contribution in [2.75, 3.05) is 6.61 Å². The molecule has 2 saturated carbocycles. The van der Waals surface area contributed by atoms with Crippen molar-refractivity contribution in [1.29, 1.82) is 0 Å². The van der Waals surface area contributed by atoms with Gasteiger partial charge in [0.1, 0.15) is 6.10 Å². The van der Waals surface area contributed by atoms with Gasteiger partial charge in [-0.15, -0.1) is 0 Å². The van der Waals surface area contributed by atoms with Crippen molar-refractivity contribution in [2.45, 2.75) is 174 Å². The second-order valence-corrected chi connectivity index (χ2v) is 15.8. The van der Waals surface area contributed by atoms with E-state index in [-0.39, 0.29) is 35.5 Å². The van der Waals surface area contributed by atoms with Crippen LogP contribution < -0.4 is 5.32 Å². The van der Waals surface area contributed by atoms with Crippen molar-refractivity contribution in [3.8, 4) is 0 Å². The summed E-state index contributed by atoms with van der Waals surface area (Å²) in [6, 6.07) is 1.64. The first kappa shape index (κ1) is 36.6. The molecular formula is C38H62N2O6. The highest BCUT2D eigenvalue weighted by Crippen LogP contribution is 2.44. The number of hydrogen-bond acceptors (Lipinski definition) is 5. The lowest BCUT2D eigenvalue weighted by Crippen LogP contribution is -2.54. The Balaban J connectivity index is 1.53. The molecule has 260 valence electrons. The highest BCUT2D eigenvalue weighted by atomic mass is 16.7. The number of amides is 1. The summed E-state index contributed by atoms with van der Waals surface area (Å²) in [6.07, 6.45) is 19.4. The lowest BCUT2D eigenvalue weighted by Gasteiger charge is -2.45. The minimum Gasteiger partial charge on any atom is -0.481 e. The number of unbranched alkanes of at least 4 members (excludes halogenated alkanes) is 6. The van der Waals surface area contributed by atoms with Gasteiger partial charge in [0.15, 0.2) is 11.6 Å². The van der Waals surface area contributed by atoms with Crippen LogP contribution in [0.25, 0.3) is 0 Å². The van der Waals surface area contributed by atoms with Gasteiger partial charge in [0.25, 0.3) is 0 Å². The summed E-state index contributed by atoms with van der Waals surface area (Å²) in [5, 5.41) is 13.6. The van der Waals surface area contributed by atoms with Crippen molar-refractivity contribution in [3.63, 3.8) is 0 Å². The Bertz CT molecular complexity index is 1150. The molecule has 3 N–H and O–H groups in total. The summed E-state index contributed by atoms with van der Waals surface area (Å²) in [4.78, 5) is 44.1. The molecule has 46 heavy (non-hydrogen) atoms. The molecule has 0 radical (unpaired) electrons. The molecule has 1 aromatic rings. The molecule has 3 fully saturated rings. The lowest BCUT2D eigenvalue weighted by atomic mass is 9.68. The second-order valence-electron chi connectivity index (χ2n) is 15.8. The van der Waals surface area contributed by atoms with Crippen LogP contribution >= 0.6 is 0 Å². The number of carboxylic acids is 1. The molecule has 4 unspecified atom stereocenters. The van der Waals surface area contributed by atoms with Gasteiger partial charge >= 0.3 is 5.97 Å². The Morgan fingerprint density at radius 2 is 1.63 bits per heavy atom. The SMILES string of the molecule is CCCCCCCCCC1(C(=O)NC2CCCCC2C(CC(=O)O)c2[nH]ccc2C(=O)C2OC(C)(C)OCC2(C)C)CCCCC1. The van der Waals surface area contributed by atoms with Crippen molar-refractivity contribution in [1.82, 2.24) is 10.3 Å². The van der Waals surface area contributed by atoms with Crippen LogP contribution in [0.4, 0.5) is 0 Å². The summed E-state index contributed by atoms with van der Waals surface area (Å²) >= 11 is 0. The Labute approximate surface area is 277 Å². The number of Topliss-reactive ketones (excluding diaryl/α,β-unsaturated/α-hetero) is 1. The Morgan fingerprint density at radius 1 is 0.957 bits per heavy atom. The first-order valence-corrected chi connectivity index (χ1v) is 18.5. The van der Waals surface area contributed by atoms with Crippen molar-refractivity contribution >= 4 is 17.7 Å². The van der Waals surface area contributed by atoms with E-state index in [1.807, 2.05) is 27.7 Å². The molecule has 3 aliphatic rings. The zero-order valence-corrected chi connectivity index (χ0v) is 29.4. The summed E-state index contributed by atoms with van der Waals surface area (Å²) in [5.41, 5.74) is 0.269. The molecule has 0 aromatic carbocycles. The fourth-order valence-electron chi connectivity index (χ4n) is 8.40. The van der Waals surface area contributed by atoms with E-state index >= 15 is 0 Å². The van der Waals surface area contributed by atoms with E-state index in [1.165, 1.54) is 44.9 Å². The average molecular weight is 643 g/mol. The number of rotatable bonds is 16. The summed E-state index contributed by atoms with van der Waals surface area (Å²) < 4.78 is 12.1. The zero-order valence-electron chi connectivity index (χ0n) is 29.4. The van der Waals surface area contributed by atoms with E-state index in [2.05, 4.69) is 17.2 Å². The summed E-state index contributed by atoms with van der Waals surface area (Å²) in [5.74, 6) is -2.29. The van der Waals surface area contributed by atoms with E-state index in [9.17, 15) is 19.5 Å². The van der Waals surface area contributed by atoms with Crippen LogP contribution in [0.15, 0.2) is 12.3 Å². The third-order valence-electron chi connectivity index (χ3n) is 11.2. The standard InChI is InChI=1S/C38H62N2O6/c1-6-7-8-9-10-11-15-21-38(22-16-12-17-23-38)35(44)40-30-19-14-13-18-27(30)29(25-31(41)42)32-28(20-24-39-32)33(43)34-36(2,3)26-45-37(4,5)46-34/h20,24,27,29-30,34,39H,6-19,21-23,25-26H2,1-5H3,(H,40,44)(H,41,42). The zero-order chi connectivity index (χ0) is 33.4. The molecule has 1 aliphatic heterocycles. The second kappa shape index (κ2) is 16.3. The number of H-pyrrole nitrogens is 1. The average Bonchev–Trinajstić information content (AvgIpc) is 3.51. The predicted octanol–water partition coefficient (Wildman–Crippen LogP) is 8.70. The van der Waals surface area contributed by atoms with Gasteiger partial charge in [-0.1, -0.05) is 97.8 Å². The molecule has 2 aliphatic carbocycles. The third-order valence-corrected chi connectivity index (χ3v) is 11.2. The van der Waals surface area contributed by atoms with E-state index < -0.39 is 29.2 Å². The number of ketones is 1. The van der Waals surface area contributed by atoms with Gasteiger partial charge in [-0.05, 0) is 57.9 Å². The fraction of sp³-hybridized carbons (Fsp3) is 0.816. The van der Waals surface area contributed by atoms with Crippen molar-refractivity contribution in [3.05, 3.63) is 23.5 Å². The number of nitrogens with one attached hydrogen (secondary N) is 2. The maximum atomic E-state index is 14.3. The maximum Gasteiger partial charge on any atom is 0.304 e. The molecule has 0 bridgehead atoms. The number of carboxylic acid groups (broad SMARTS) is 1. The molecule has 0 spiro atoms. The van der Waals surface area contributed by atoms with Crippen LogP contribution in [0, 0.1) is 16.7 Å². The Kier molecular flexibility index (Phi) is 13.0. The third kappa shape index (κ3) is 9.24. The minimum absolute atomic E-state index is 0.0849. The molecule has 2 heterocycles. The first-order valence-electron chi connectivity index (χ1n) is 18.5. The first-order chi connectivity index (χ1) is 21.9. The number of carbonyl (C=O) groups is 3. The minimum atomic E-state index is -0.903. The van der Waals surface area contributed by atoms with Crippen molar-refractivity contribution in [2.24, 2.45) is 16.7 Å². The van der Waals surface area contributed by atoms with Crippen LogP contribution in [0.5, 0.6) is 0 Å². The number of aromatic amines is 1. The van der Waals surface area contributed by atoms with Crippen molar-refractivity contribution < 1.29 is 29.0 Å². The van der Waals surface area contributed by atoms with Gasteiger partial charge in [-0.2, -0.15) is 0 Å². The monoisotopic (exact) mass is 642 g/mol. The topological polar surface area (TPSA) is 118 Å². The maximum absolute atomic E-state index is 14.3. The van der Waals surface area contributed by atoms with Crippen LogP contribution in [0.2, 0.25) is 0 Å². The van der Waals surface area contributed by atoms with Gasteiger partial charge < -0.3 is 24.9 Å². The highest BCUT2D eigenvalue weighted by molar-refractivity contribution is 6.01. The molecule has 1 amide bonds. The van der Waals surface area contributed by atoms with Gasteiger partial charge in [-0.3, -0.25) is 14.4 Å². The normalized spacial score (nSPS) is 26.2. The number of aliphatic carboxylic acids is 1. The van der Waals surface area contributed by atoms with Gasteiger partial charge in [-0.25, -0.2) is 0 Å². The summed E-state index contributed by atoms with van der Waals surface area (Å²) in [6.45, 7) is 10.2. The van der Waals surface area contributed by atoms with Crippen LogP contribution in [0.3, 0.4) is 0 Å². The molecule has 1 saturated heterocycles. The Hall–Kier alpha value is -2.19. The van der Waals surface area contributed by atoms with E-state index in [0.29, 0.717) is 17.9 Å². The molecule has 8 nitrogen and oxygen atoms in total. The van der Waals surface area contributed by atoms with Crippen LogP contribution in [0.1, 0.15) is 172 Å². The highest BCUT2D eigenvalue weighted by Gasteiger charge is 2.48. The molecule has 8 heteroatoms. The van der Waals surface area contributed by atoms with Crippen LogP contribution in [-0.4, -0.2) is 52.3 Å². The number of carbonyl (C=O) groups excluding carboxylic acids is 2. The fourth-order valence-corrected chi connectivity index (χ4v) is 8.40. The lowest BCUT2D eigenvalue weighted by molar-refractivity contribution is -0.298. The van der Waals surface area contributed by atoms with E-state index in [4.69, 9.17) is 9.47 Å². The summed E-state index contributed by atoms with van der Waals surface area (Å²) in [7, 11) is 0. The molecule has 1 aromatic heterocycles.